The van der Waals surface area contributed by atoms with Gasteiger partial charge in [-0.15, -0.1) is 6.42 Å². The van der Waals surface area contributed by atoms with E-state index in [1.165, 1.54) is 0 Å². The van der Waals surface area contributed by atoms with Crippen LogP contribution in [-0.2, 0) is 0 Å². The van der Waals surface area contributed by atoms with Crippen molar-refractivity contribution < 1.29 is 0 Å². The Morgan fingerprint density at radius 3 is 2.64 bits per heavy atom. The number of nitrogens with zero attached hydrogens (tertiary/aromatic N) is 1. The van der Waals surface area contributed by atoms with Crippen molar-refractivity contribution >= 4 is 15.9 Å². The molecule has 11 heavy (non-hydrogen) atoms. The van der Waals surface area contributed by atoms with Crippen LogP contribution < -0.4 is 0 Å². The molecule has 1 aromatic rings. The highest BCUT2D eigenvalue weighted by atomic mass is 79.9. The molecule has 1 nitrogen and oxygen atoms in total. The quantitative estimate of drug-likeness (QED) is 0.597. The standard InChI is InChI=1S/C9H4BrN/c1-2-7-4-3-5-9(10)8(7)6-11/h1,3-5H. The van der Waals surface area contributed by atoms with Crippen LogP contribution in [0.3, 0.4) is 0 Å². The Labute approximate surface area is 73.8 Å². The Kier molecular flexibility index (Phi) is 2.31. The number of nitriles is 1. The third kappa shape index (κ3) is 1.42. The normalized spacial score (nSPS) is 8.27. The van der Waals surface area contributed by atoms with Gasteiger partial charge in [0.1, 0.15) is 6.07 Å². The van der Waals surface area contributed by atoms with Crippen LogP contribution in [0.25, 0.3) is 0 Å². The van der Waals surface area contributed by atoms with Gasteiger partial charge in [0, 0.05) is 10.0 Å². The highest BCUT2D eigenvalue weighted by molar-refractivity contribution is 9.10. The molecule has 0 unspecified atom stereocenters. The maximum Gasteiger partial charge on any atom is 0.102 e. The van der Waals surface area contributed by atoms with Crippen molar-refractivity contribution in [3.63, 3.8) is 0 Å². The van der Waals surface area contributed by atoms with Crippen molar-refractivity contribution in [3.8, 4) is 18.4 Å². The van der Waals surface area contributed by atoms with Gasteiger partial charge in [-0.25, -0.2) is 0 Å². The van der Waals surface area contributed by atoms with E-state index < -0.39 is 0 Å². The first-order valence-corrected chi connectivity index (χ1v) is 3.74. The van der Waals surface area contributed by atoms with E-state index in [2.05, 4.69) is 21.9 Å². The van der Waals surface area contributed by atoms with E-state index in [0.717, 1.165) is 4.47 Å². The minimum absolute atomic E-state index is 0.523. The van der Waals surface area contributed by atoms with Crippen LogP contribution >= 0.6 is 15.9 Å². The van der Waals surface area contributed by atoms with Crippen LogP contribution in [0.5, 0.6) is 0 Å². The fourth-order valence-electron chi connectivity index (χ4n) is 0.758. The number of halogens is 1. The second-order valence-corrected chi connectivity index (χ2v) is 2.77. The van der Waals surface area contributed by atoms with E-state index in [0.29, 0.717) is 11.1 Å². The minimum atomic E-state index is 0.523. The molecule has 0 amide bonds. The van der Waals surface area contributed by atoms with E-state index in [4.69, 9.17) is 11.7 Å². The molecule has 0 N–H and O–H groups in total. The second-order valence-electron chi connectivity index (χ2n) is 1.92. The summed E-state index contributed by atoms with van der Waals surface area (Å²) in [5.41, 5.74) is 1.15. The van der Waals surface area contributed by atoms with Crippen LogP contribution in [0, 0.1) is 23.7 Å². The number of terminal acetylenes is 1. The molecule has 52 valence electrons. The molecule has 0 aliphatic heterocycles. The number of benzene rings is 1. The van der Waals surface area contributed by atoms with Crippen LogP contribution in [-0.4, -0.2) is 0 Å². The smallest absolute Gasteiger partial charge is 0.102 e. The summed E-state index contributed by atoms with van der Waals surface area (Å²) < 4.78 is 0.746. The SMILES string of the molecule is C#Cc1cccc(Br)c1C#N. The lowest BCUT2D eigenvalue weighted by Gasteiger charge is -1.95. The van der Waals surface area contributed by atoms with Crippen LogP contribution in [0.15, 0.2) is 22.7 Å². The fraction of sp³-hybridized carbons (Fsp3) is 0. The third-order valence-electron chi connectivity index (χ3n) is 1.28. The van der Waals surface area contributed by atoms with Gasteiger partial charge in [-0.3, -0.25) is 0 Å². The van der Waals surface area contributed by atoms with E-state index in [1.807, 2.05) is 6.07 Å². The van der Waals surface area contributed by atoms with Crippen molar-refractivity contribution in [2.75, 3.05) is 0 Å². The number of hydrogen-bond acceptors (Lipinski definition) is 1. The summed E-state index contributed by atoms with van der Waals surface area (Å²) in [5, 5.41) is 8.65. The zero-order valence-corrected chi connectivity index (χ0v) is 7.22. The first-order chi connectivity index (χ1) is 5.29. The molecule has 0 saturated heterocycles. The van der Waals surface area contributed by atoms with Crippen LogP contribution in [0.1, 0.15) is 11.1 Å². The van der Waals surface area contributed by atoms with Crippen molar-refractivity contribution in [1.82, 2.24) is 0 Å². The first-order valence-electron chi connectivity index (χ1n) is 2.95. The lowest BCUT2D eigenvalue weighted by molar-refractivity contribution is 1.45. The lowest BCUT2D eigenvalue weighted by Crippen LogP contribution is -1.83. The molecular formula is C9H4BrN. The molecule has 1 rings (SSSR count). The van der Waals surface area contributed by atoms with E-state index in [9.17, 15) is 0 Å². The maximum absolute atomic E-state index is 8.65. The predicted octanol–water partition coefficient (Wildman–Crippen LogP) is 2.30. The highest BCUT2D eigenvalue weighted by Gasteiger charge is 2.01. The van der Waals surface area contributed by atoms with Crippen LogP contribution in [0.2, 0.25) is 0 Å². The molecule has 0 aromatic heterocycles. The largest absolute Gasteiger partial charge is 0.192 e. The van der Waals surface area contributed by atoms with Gasteiger partial charge in [0.2, 0.25) is 0 Å². The molecule has 0 radical (unpaired) electrons. The van der Waals surface area contributed by atoms with Gasteiger partial charge >= 0.3 is 0 Å². The zero-order chi connectivity index (χ0) is 8.27. The molecule has 0 spiro atoms. The average Bonchev–Trinajstić information content (AvgIpc) is 2.04. The average molecular weight is 206 g/mol. The Morgan fingerprint density at radius 1 is 1.45 bits per heavy atom. The molecule has 0 heterocycles. The molecule has 0 saturated carbocycles. The molecule has 0 aliphatic carbocycles. The Balaban J connectivity index is 3.42. The Morgan fingerprint density at radius 2 is 2.18 bits per heavy atom. The topological polar surface area (TPSA) is 23.8 Å². The molecule has 0 fully saturated rings. The minimum Gasteiger partial charge on any atom is -0.192 e. The summed E-state index contributed by atoms with van der Waals surface area (Å²) in [5.74, 6) is 2.43. The van der Waals surface area contributed by atoms with Gasteiger partial charge in [0.25, 0.3) is 0 Å². The van der Waals surface area contributed by atoms with Gasteiger partial charge in [0.15, 0.2) is 0 Å². The highest BCUT2D eigenvalue weighted by Crippen LogP contribution is 2.18. The van der Waals surface area contributed by atoms with Gasteiger partial charge in [-0.1, -0.05) is 12.0 Å². The molecule has 0 atom stereocenters. The summed E-state index contributed by atoms with van der Waals surface area (Å²) in [4.78, 5) is 0. The van der Waals surface area contributed by atoms with Gasteiger partial charge < -0.3 is 0 Å². The number of hydrogen-bond donors (Lipinski definition) is 0. The summed E-state index contributed by atoms with van der Waals surface area (Å²) in [6.07, 6.45) is 5.17. The van der Waals surface area contributed by atoms with E-state index in [1.54, 1.807) is 18.2 Å². The predicted molar refractivity (Wildman–Crippen MR) is 46.8 cm³/mol. The fourth-order valence-corrected chi connectivity index (χ4v) is 1.21. The second kappa shape index (κ2) is 3.23. The summed E-state index contributed by atoms with van der Waals surface area (Å²) in [6.45, 7) is 0. The molecule has 0 aliphatic rings. The van der Waals surface area contributed by atoms with E-state index in [-0.39, 0.29) is 0 Å². The number of rotatable bonds is 0. The van der Waals surface area contributed by atoms with Gasteiger partial charge in [0.05, 0.1) is 5.56 Å². The van der Waals surface area contributed by atoms with Crippen molar-refractivity contribution in [1.29, 1.82) is 5.26 Å². The molecule has 1 aromatic carbocycles. The van der Waals surface area contributed by atoms with Crippen LogP contribution in [0.4, 0.5) is 0 Å². The molecule has 2 heteroatoms. The maximum atomic E-state index is 8.65. The van der Waals surface area contributed by atoms with E-state index >= 15 is 0 Å². The van der Waals surface area contributed by atoms with Crippen molar-refractivity contribution in [2.24, 2.45) is 0 Å². The summed E-state index contributed by atoms with van der Waals surface area (Å²) >= 11 is 3.23. The molecule has 0 bridgehead atoms. The lowest BCUT2D eigenvalue weighted by atomic mass is 10.1. The molecular weight excluding hydrogens is 202 g/mol. The van der Waals surface area contributed by atoms with Crippen molar-refractivity contribution in [3.05, 3.63) is 33.8 Å². The van der Waals surface area contributed by atoms with Gasteiger partial charge in [-0.2, -0.15) is 5.26 Å². The zero-order valence-electron chi connectivity index (χ0n) is 5.63. The Hall–Kier alpha value is -1.25. The summed E-state index contributed by atoms with van der Waals surface area (Å²) in [7, 11) is 0. The monoisotopic (exact) mass is 205 g/mol. The first kappa shape index (κ1) is 7.85. The van der Waals surface area contributed by atoms with Crippen molar-refractivity contribution in [2.45, 2.75) is 0 Å². The summed E-state index contributed by atoms with van der Waals surface area (Å²) in [6, 6.07) is 7.36. The third-order valence-corrected chi connectivity index (χ3v) is 1.94. The Bertz CT molecular complexity index is 355. The van der Waals surface area contributed by atoms with Gasteiger partial charge in [-0.05, 0) is 28.1 Å².